The van der Waals surface area contributed by atoms with E-state index in [9.17, 15) is 9.59 Å². The summed E-state index contributed by atoms with van der Waals surface area (Å²) in [6, 6.07) is 6.88. The average Bonchev–Trinajstić information content (AvgIpc) is 2.88. The van der Waals surface area contributed by atoms with Crippen molar-refractivity contribution in [3.05, 3.63) is 46.8 Å². The van der Waals surface area contributed by atoms with Gasteiger partial charge in [0.2, 0.25) is 0 Å². The standard InChI is InChI=1S/C18H19NO4/c1-18(2)9-15(21)17-13(19-23-16(17)10-18)8-14(20)11-4-6-12(22-3)7-5-11/h4-7H,8-10H2,1-3H3. The summed E-state index contributed by atoms with van der Waals surface area (Å²) < 4.78 is 10.4. The third kappa shape index (κ3) is 3.04. The Bertz CT molecular complexity index is 756. The highest BCUT2D eigenvalue weighted by Gasteiger charge is 2.36. The zero-order valence-corrected chi connectivity index (χ0v) is 13.5. The zero-order valence-electron chi connectivity index (χ0n) is 13.5. The van der Waals surface area contributed by atoms with Crippen LogP contribution in [0.2, 0.25) is 0 Å². The van der Waals surface area contributed by atoms with Crippen molar-refractivity contribution in [1.82, 2.24) is 5.16 Å². The summed E-state index contributed by atoms with van der Waals surface area (Å²) in [6.07, 6.45) is 1.18. The Kier molecular flexibility index (Phi) is 3.80. The molecule has 0 fully saturated rings. The minimum Gasteiger partial charge on any atom is -0.497 e. The maximum Gasteiger partial charge on any atom is 0.168 e. The van der Waals surface area contributed by atoms with E-state index in [4.69, 9.17) is 9.26 Å². The molecule has 0 bridgehead atoms. The van der Waals surface area contributed by atoms with Crippen LogP contribution in [0, 0.1) is 5.41 Å². The van der Waals surface area contributed by atoms with Gasteiger partial charge in [-0.05, 0) is 29.7 Å². The number of hydrogen-bond donors (Lipinski definition) is 0. The molecular formula is C18H19NO4. The molecule has 23 heavy (non-hydrogen) atoms. The van der Waals surface area contributed by atoms with Crippen LogP contribution in [0.3, 0.4) is 0 Å². The number of rotatable bonds is 4. The summed E-state index contributed by atoms with van der Waals surface area (Å²) in [5, 5.41) is 3.97. The zero-order chi connectivity index (χ0) is 16.6. The lowest BCUT2D eigenvalue weighted by Gasteiger charge is -2.26. The van der Waals surface area contributed by atoms with Crippen molar-refractivity contribution >= 4 is 11.6 Å². The average molecular weight is 313 g/mol. The van der Waals surface area contributed by atoms with Crippen LogP contribution in [0.5, 0.6) is 5.75 Å². The molecule has 1 heterocycles. The molecule has 0 radical (unpaired) electrons. The van der Waals surface area contributed by atoms with E-state index in [-0.39, 0.29) is 23.4 Å². The largest absolute Gasteiger partial charge is 0.497 e. The normalized spacial score (nSPS) is 16.0. The van der Waals surface area contributed by atoms with E-state index in [2.05, 4.69) is 5.16 Å². The number of carbonyl (C=O) groups excluding carboxylic acids is 2. The highest BCUT2D eigenvalue weighted by atomic mass is 16.5. The molecular weight excluding hydrogens is 294 g/mol. The van der Waals surface area contributed by atoms with Gasteiger partial charge in [0.25, 0.3) is 0 Å². The Labute approximate surface area is 134 Å². The van der Waals surface area contributed by atoms with Crippen molar-refractivity contribution in [2.75, 3.05) is 7.11 Å². The highest BCUT2D eigenvalue weighted by molar-refractivity contribution is 6.03. The van der Waals surface area contributed by atoms with E-state index in [1.807, 2.05) is 13.8 Å². The van der Waals surface area contributed by atoms with E-state index in [0.29, 0.717) is 41.2 Å². The topological polar surface area (TPSA) is 69.4 Å². The van der Waals surface area contributed by atoms with Crippen molar-refractivity contribution in [3.8, 4) is 5.75 Å². The number of fused-ring (bicyclic) bond motifs is 1. The van der Waals surface area contributed by atoms with Crippen LogP contribution in [-0.4, -0.2) is 23.8 Å². The van der Waals surface area contributed by atoms with Crippen molar-refractivity contribution in [2.24, 2.45) is 5.41 Å². The quantitative estimate of drug-likeness (QED) is 0.810. The van der Waals surface area contributed by atoms with E-state index >= 15 is 0 Å². The number of ketones is 2. The summed E-state index contributed by atoms with van der Waals surface area (Å²) in [7, 11) is 1.58. The molecule has 1 aliphatic rings. The molecule has 2 aromatic rings. The van der Waals surface area contributed by atoms with Gasteiger partial charge in [0.1, 0.15) is 17.2 Å². The summed E-state index contributed by atoms with van der Waals surface area (Å²) in [6.45, 7) is 4.05. The minimum atomic E-state index is -0.124. The van der Waals surface area contributed by atoms with E-state index in [1.165, 1.54) is 0 Å². The van der Waals surface area contributed by atoms with Crippen LogP contribution in [-0.2, 0) is 12.8 Å². The van der Waals surface area contributed by atoms with Crippen molar-refractivity contribution in [1.29, 1.82) is 0 Å². The molecule has 0 atom stereocenters. The Balaban J connectivity index is 1.83. The fourth-order valence-electron chi connectivity index (χ4n) is 2.97. The van der Waals surface area contributed by atoms with Crippen LogP contribution in [0.1, 0.15) is 52.4 Å². The molecule has 0 N–H and O–H groups in total. The number of benzene rings is 1. The van der Waals surface area contributed by atoms with E-state index in [1.54, 1.807) is 31.4 Å². The number of ether oxygens (including phenoxy) is 1. The molecule has 1 aromatic heterocycles. The van der Waals surface area contributed by atoms with E-state index < -0.39 is 0 Å². The maximum atomic E-state index is 12.4. The van der Waals surface area contributed by atoms with Crippen molar-refractivity contribution in [2.45, 2.75) is 33.1 Å². The van der Waals surface area contributed by atoms with Crippen LogP contribution >= 0.6 is 0 Å². The third-order valence-corrected chi connectivity index (χ3v) is 4.13. The predicted octanol–water partition coefficient (Wildman–Crippen LogP) is 3.26. The number of carbonyl (C=O) groups is 2. The molecule has 0 aliphatic heterocycles. The van der Waals surface area contributed by atoms with Gasteiger partial charge in [0.15, 0.2) is 11.6 Å². The predicted molar refractivity (Wildman–Crippen MR) is 84.0 cm³/mol. The second kappa shape index (κ2) is 5.65. The molecule has 1 aliphatic carbocycles. The molecule has 0 spiro atoms. The molecule has 0 amide bonds. The van der Waals surface area contributed by atoms with Gasteiger partial charge in [0.05, 0.1) is 19.1 Å². The maximum absolute atomic E-state index is 12.4. The van der Waals surface area contributed by atoms with Gasteiger partial charge in [-0.3, -0.25) is 9.59 Å². The van der Waals surface area contributed by atoms with Gasteiger partial charge in [-0.15, -0.1) is 0 Å². The third-order valence-electron chi connectivity index (χ3n) is 4.13. The van der Waals surface area contributed by atoms with Crippen molar-refractivity contribution < 1.29 is 18.8 Å². The number of aromatic nitrogens is 1. The van der Waals surface area contributed by atoms with Gasteiger partial charge in [-0.2, -0.15) is 0 Å². The summed E-state index contributed by atoms with van der Waals surface area (Å²) in [4.78, 5) is 24.8. The van der Waals surface area contributed by atoms with Crippen LogP contribution in [0.4, 0.5) is 0 Å². The fourth-order valence-corrected chi connectivity index (χ4v) is 2.97. The molecule has 0 saturated carbocycles. The lowest BCUT2D eigenvalue weighted by molar-refractivity contribution is 0.0901. The highest BCUT2D eigenvalue weighted by Crippen LogP contribution is 2.36. The first-order chi connectivity index (χ1) is 10.9. The van der Waals surface area contributed by atoms with Gasteiger partial charge < -0.3 is 9.26 Å². The molecule has 0 unspecified atom stereocenters. The molecule has 5 nitrogen and oxygen atoms in total. The second-order valence-electron chi connectivity index (χ2n) is 6.70. The molecule has 120 valence electrons. The minimum absolute atomic E-state index is 0.00929. The van der Waals surface area contributed by atoms with Crippen LogP contribution in [0.25, 0.3) is 0 Å². The Morgan fingerprint density at radius 1 is 1.26 bits per heavy atom. The van der Waals surface area contributed by atoms with Crippen LogP contribution < -0.4 is 4.74 Å². The molecule has 0 saturated heterocycles. The summed E-state index contributed by atoms with van der Waals surface area (Å²) in [5.41, 5.74) is 1.39. The number of nitrogens with zero attached hydrogens (tertiary/aromatic N) is 1. The first kappa shape index (κ1) is 15.5. The molecule has 1 aromatic carbocycles. The Morgan fingerprint density at radius 2 is 1.96 bits per heavy atom. The van der Waals surface area contributed by atoms with E-state index in [0.717, 1.165) is 0 Å². The smallest absolute Gasteiger partial charge is 0.168 e. The fraction of sp³-hybridized carbons (Fsp3) is 0.389. The number of hydrogen-bond acceptors (Lipinski definition) is 5. The van der Waals surface area contributed by atoms with Gasteiger partial charge in [-0.25, -0.2) is 0 Å². The van der Waals surface area contributed by atoms with Gasteiger partial charge in [0, 0.05) is 18.4 Å². The number of Topliss-reactive ketones (excluding diaryl/α,β-unsaturated/α-hetero) is 2. The summed E-state index contributed by atoms with van der Waals surface area (Å²) >= 11 is 0. The SMILES string of the molecule is COc1ccc(C(=O)Cc2noc3c2C(=O)CC(C)(C)C3)cc1. The Morgan fingerprint density at radius 3 is 2.61 bits per heavy atom. The van der Waals surface area contributed by atoms with Crippen molar-refractivity contribution in [3.63, 3.8) is 0 Å². The number of methoxy groups -OCH3 is 1. The second-order valence-corrected chi connectivity index (χ2v) is 6.70. The molecule has 3 rings (SSSR count). The first-order valence-corrected chi connectivity index (χ1v) is 7.57. The lowest BCUT2D eigenvalue weighted by atomic mass is 9.76. The first-order valence-electron chi connectivity index (χ1n) is 7.57. The Hall–Kier alpha value is -2.43. The lowest BCUT2D eigenvalue weighted by Crippen LogP contribution is -2.26. The van der Waals surface area contributed by atoms with Gasteiger partial charge in [-0.1, -0.05) is 19.0 Å². The molecule has 5 heteroatoms. The monoisotopic (exact) mass is 313 g/mol. The van der Waals surface area contributed by atoms with Gasteiger partial charge >= 0.3 is 0 Å². The van der Waals surface area contributed by atoms with Crippen LogP contribution in [0.15, 0.2) is 28.8 Å². The summed E-state index contributed by atoms with van der Waals surface area (Å²) in [5.74, 6) is 1.21.